The van der Waals surface area contributed by atoms with Crippen molar-refractivity contribution in [2.24, 2.45) is 0 Å². The number of halogens is 2. The predicted molar refractivity (Wildman–Crippen MR) is 170 cm³/mol. The number of fused-ring (bicyclic) bond motifs is 1. The molecule has 4 aromatic carbocycles. The highest BCUT2D eigenvalue weighted by Crippen LogP contribution is 2.32. The lowest BCUT2D eigenvalue weighted by Gasteiger charge is -2.39. The van der Waals surface area contributed by atoms with E-state index in [-0.39, 0.29) is 6.04 Å². The zero-order valence-corrected chi connectivity index (χ0v) is 24.6. The third kappa shape index (κ3) is 6.55. The highest BCUT2D eigenvalue weighted by Gasteiger charge is 2.27. The van der Waals surface area contributed by atoms with Crippen LogP contribution in [0, 0.1) is 0 Å². The summed E-state index contributed by atoms with van der Waals surface area (Å²) in [6, 6.07) is 35.4. The van der Waals surface area contributed by atoms with Gasteiger partial charge in [0.1, 0.15) is 11.6 Å². The number of hydrogen-bond donors (Lipinski definition) is 0. The minimum Gasteiger partial charge on any atom is -0.355 e. The molecule has 0 amide bonds. The van der Waals surface area contributed by atoms with Gasteiger partial charge in [-0.15, -0.1) is 0 Å². The van der Waals surface area contributed by atoms with Gasteiger partial charge in [0, 0.05) is 55.2 Å². The molecule has 1 aliphatic rings. The Bertz CT molecular complexity index is 1540. The maximum Gasteiger partial charge on any atom is 0.145 e. The smallest absolute Gasteiger partial charge is 0.145 e. The van der Waals surface area contributed by atoms with Gasteiger partial charge in [0.2, 0.25) is 0 Å². The van der Waals surface area contributed by atoms with Crippen LogP contribution in [0.1, 0.15) is 28.6 Å². The fourth-order valence-electron chi connectivity index (χ4n) is 5.68. The molecule has 208 valence electrons. The quantitative estimate of drug-likeness (QED) is 0.190. The highest BCUT2D eigenvalue weighted by molar-refractivity contribution is 6.30. The van der Waals surface area contributed by atoms with Crippen LogP contribution in [-0.2, 0) is 13.1 Å². The van der Waals surface area contributed by atoms with E-state index in [4.69, 9.17) is 33.2 Å². The predicted octanol–water partition coefficient (Wildman–Crippen LogP) is 7.48. The van der Waals surface area contributed by atoms with Crippen LogP contribution in [0.3, 0.4) is 0 Å². The van der Waals surface area contributed by atoms with Crippen LogP contribution < -0.4 is 4.90 Å². The molecule has 0 N–H and O–H groups in total. The van der Waals surface area contributed by atoms with Crippen molar-refractivity contribution < 1.29 is 0 Å². The molecule has 2 heterocycles. The van der Waals surface area contributed by atoms with Crippen molar-refractivity contribution >= 4 is 39.9 Å². The van der Waals surface area contributed by atoms with Gasteiger partial charge in [-0.25, -0.2) is 9.97 Å². The van der Waals surface area contributed by atoms with Crippen molar-refractivity contribution in [2.75, 3.05) is 38.1 Å². The average molecular weight is 583 g/mol. The van der Waals surface area contributed by atoms with Crippen molar-refractivity contribution in [3.63, 3.8) is 0 Å². The number of rotatable bonds is 8. The molecule has 0 atom stereocenters. The van der Waals surface area contributed by atoms with Crippen LogP contribution in [0.15, 0.2) is 103 Å². The van der Waals surface area contributed by atoms with E-state index in [9.17, 15) is 0 Å². The summed E-state index contributed by atoms with van der Waals surface area (Å²) in [7, 11) is 2.11. The molecule has 5 nitrogen and oxygen atoms in total. The number of aromatic nitrogens is 2. The number of anilines is 1. The lowest BCUT2D eigenvalue weighted by molar-refractivity contribution is 0.103. The molecule has 1 aromatic heterocycles. The van der Waals surface area contributed by atoms with E-state index in [1.165, 1.54) is 16.7 Å². The first-order chi connectivity index (χ1) is 20.0. The molecule has 7 heteroatoms. The van der Waals surface area contributed by atoms with Crippen LogP contribution in [0.2, 0.25) is 10.0 Å². The largest absolute Gasteiger partial charge is 0.355 e. The standard InChI is InChI=1S/C34H33Cl2N5/c1-39(23-25-7-3-2-4-8-25)34-30-9-5-6-10-31(30)37-32(38-34)24-40-19-21-41(22-20-40)33(26-11-15-28(35)16-12-26)27-13-17-29(36)18-14-27/h2-18,33H,19-24H2,1H3. The minimum atomic E-state index is 0.141. The molecule has 0 aliphatic carbocycles. The Kier molecular flexibility index (Phi) is 8.49. The Hall–Kier alpha value is -3.48. The lowest BCUT2D eigenvalue weighted by atomic mass is 9.96. The number of benzene rings is 4. The molecule has 1 aliphatic heterocycles. The van der Waals surface area contributed by atoms with Gasteiger partial charge in [0.15, 0.2) is 0 Å². The van der Waals surface area contributed by atoms with E-state index in [0.717, 1.165) is 71.9 Å². The second kappa shape index (κ2) is 12.6. The van der Waals surface area contributed by atoms with Crippen molar-refractivity contribution in [1.82, 2.24) is 19.8 Å². The maximum atomic E-state index is 6.22. The number of nitrogens with zero attached hydrogens (tertiary/aromatic N) is 5. The van der Waals surface area contributed by atoms with E-state index in [1.807, 2.05) is 30.3 Å². The van der Waals surface area contributed by atoms with Gasteiger partial charge in [-0.1, -0.05) is 89.9 Å². The molecule has 6 rings (SSSR count). The Labute approximate surface area is 252 Å². The number of para-hydroxylation sites is 1. The normalized spacial score (nSPS) is 14.5. The van der Waals surface area contributed by atoms with Crippen LogP contribution in [0.25, 0.3) is 10.9 Å². The first kappa shape index (κ1) is 27.7. The summed E-state index contributed by atoms with van der Waals surface area (Å²) >= 11 is 12.4. The summed E-state index contributed by atoms with van der Waals surface area (Å²) in [5, 5.41) is 2.57. The van der Waals surface area contributed by atoms with Crippen molar-refractivity contribution in [3.05, 3.63) is 136 Å². The number of hydrogen-bond acceptors (Lipinski definition) is 5. The molecule has 0 bridgehead atoms. The second-order valence-corrected chi connectivity index (χ2v) is 11.5. The van der Waals surface area contributed by atoms with E-state index >= 15 is 0 Å². The second-order valence-electron chi connectivity index (χ2n) is 10.6. The summed E-state index contributed by atoms with van der Waals surface area (Å²) in [6.45, 7) is 5.24. The zero-order valence-electron chi connectivity index (χ0n) is 23.1. The molecule has 0 unspecified atom stereocenters. The average Bonchev–Trinajstić information content (AvgIpc) is 3.00. The molecular weight excluding hydrogens is 549 g/mol. The van der Waals surface area contributed by atoms with Crippen molar-refractivity contribution in [3.8, 4) is 0 Å². The zero-order chi connectivity index (χ0) is 28.2. The molecule has 0 radical (unpaired) electrons. The Morgan fingerprint density at radius 1 is 0.707 bits per heavy atom. The van der Waals surface area contributed by atoms with Crippen molar-refractivity contribution in [1.29, 1.82) is 0 Å². The molecular formula is C34H33Cl2N5. The summed E-state index contributed by atoms with van der Waals surface area (Å²) < 4.78 is 0. The minimum absolute atomic E-state index is 0.141. The molecule has 0 spiro atoms. The van der Waals surface area contributed by atoms with Gasteiger partial charge >= 0.3 is 0 Å². The van der Waals surface area contributed by atoms with Gasteiger partial charge in [-0.3, -0.25) is 9.80 Å². The van der Waals surface area contributed by atoms with Crippen molar-refractivity contribution in [2.45, 2.75) is 19.1 Å². The Balaban J connectivity index is 1.20. The van der Waals surface area contributed by atoms with E-state index in [0.29, 0.717) is 0 Å². The van der Waals surface area contributed by atoms with Gasteiger partial charge in [-0.2, -0.15) is 0 Å². The molecule has 1 saturated heterocycles. The SMILES string of the molecule is CN(Cc1ccccc1)c1nc(CN2CCN(C(c3ccc(Cl)cc3)c3ccc(Cl)cc3)CC2)nc2ccccc12. The van der Waals surface area contributed by atoms with Gasteiger partial charge in [0.25, 0.3) is 0 Å². The van der Waals surface area contributed by atoms with E-state index in [2.05, 4.69) is 94.5 Å². The highest BCUT2D eigenvalue weighted by atomic mass is 35.5. The molecule has 41 heavy (non-hydrogen) atoms. The molecule has 0 saturated carbocycles. The third-order valence-corrected chi connectivity index (χ3v) is 8.27. The lowest BCUT2D eigenvalue weighted by Crippen LogP contribution is -2.47. The van der Waals surface area contributed by atoms with E-state index in [1.54, 1.807) is 0 Å². The van der Waals surface area contributed by atoms with Crippen LogP contribution in [0.5, 0.6) is 0 Å². The first-order valence-electron chi connectivity index (χ1n) is 14.0. The topological polar surface area (TPSA) is 35.5 Å². The fraction of sp³-hybridized carbons (Fsp3) is 0.235. The maximum absolute atomic E-state index is 6.22. The summed E-state index contributed by atoms with van der Waals surface area (Å²) in [5.41, 5.74) is 4.70. The molecule has 1 fully saturated rings. The summed E-state index contributed by atoms with van der Waals surface area (Å²) in [4.78, 5) is 17.3. The van der Waals surface area contributed by atoms with Crippen LogP contribution in [0.4, 0.5) is 5.82 Å². The number of piperazine rings is 1. The summed E-state index contributed by atoms with van der Waals surface area (Å²) in [6.07, 6.45) is 0. The monoisotopic (exact) mass is 581 g/mol. The Morgan fingerprint density at radius 3 is 1.93 bits per heavy atom. The first-order valence-corrected chi connectivity index (χ1v) is 14.8. The molecule has 5 aromatic rings. The third-order valence-electron chi connectivity index (χ3n) is 7.76. The fourth-order valence-corrected chi connectivity index (χ4v) is 5.94. The Morgan fingerprint density at radius 2 is 1.29 bits per heavy atom. The van der Waals surface area contributed by atoms with Gasteiger partial charge < -0.3 is 4.90 Å². The summed E-state index contributed by atoms with van der Waals surface area (Å²) in [5.74, 6) is 1.83. The van der Waals surface area contributed by atoms with Crippen LogP contribution >= 0.6 is 23.2 Å². The van der Waals surface area contributed by atoms with Gasteiger partial charge in [0.05, 0.1) is 18.1 Å². The van der Waals surface area contributed by atoms with E-state index < -0.39 is 0 Å². The van der Waals surface area contributed by atoms with Gasteiger partial charge in [-0.05, 0) is 53.1 Å². The van der Waals surface area contributed by atoms with Crippen LogP contribution in [-0.4, -0.2) is 53.0 Å².